The molecule has 0 aromatic heterocycles. The molecular formula is C12H21NO4. The van der Waals surface area contributed by atoms with Crippen molar-refractivity contribution in [2.45, 2.75) is 38.6 Å². The summed E-state index contributed by atoms with van der Waals surface area (Å²) in [5, 5.41) is 8.65. The monoisotopic (exact) mass is 243 g/mol. The average molecular weight is 243 g/mol. The average Bonchev–Trinajstić information content (AvgIpc) is 3.01. The molecule has 17 heavy (non-hydrogen) atoms. The number of ether oxygens (including phenoxy) is 1. The lowest BCUT2D eigenvalue weighted by molar-refractivity contribution is -0.139. The second-order valence-corrected chi connectivity index (χ2v) is 4.73. The summed E-state index contributed by atoms with van der Waals surface area (Å²) in [4.78, 5) is 24.3. The number of hydrogen-bond acceptors (Lipinski definition) is 3. The SMILES string of the molecule is COCC(C)CC(=O)N(CCC(=O)O)C1CC1. The van der Waals surface area contributed by atoms with Gasteiger partial charge in [-0.3, -0.25) is 9.59 Å². The first-order chi connectivity index (χ1) is 8.04. The third-order valence-electron chi connectivity index (χ3n) is 2.85. The second kappa shape index (κ2) is 6.59. The minimum atomic E-state index is -0.853. The number of carbonyl (C=O) groups is 2. The lowest BCUT2D eigenvalue weighted by Crippen LogP contribution is -2.36. The predicted octanol–water partition coefficient (Wildman–Crippen LogP) is 1.12. The predicted molar refractivity (Wildman–Crippen MR) is 62.6 cm³/mol. The van der Waals surface area contributed by atoms with Gasteiger partial charge in [-0.15, -0.1) is 0 Å². The van der Waals surface area contributed by atoms with Crippen LogP contribution in [0.15, 0.2) is 0 Å². The zero-order chi connectivity index (χ0) is 12.8. The van der Waals surface area contributed by atoms with Gasteiger partial charge in [-0.1, -0.05) is 6.92 Å². The van der Waals surface area contributed by atoms with E-state index in [0.717, 1.165) is 12.8 Å². The van der Waals surface area contributed by atoms with Crippen LogP contribution < -0.4 is 0 Å². The summed E-state index contributed by atoms with van der Waals surface area (Å²) in [6.07, 6.45) is 2.47. The summed E-state index contributed by atoms with van der Waals surface area (Å²) in [6.45, 7) is 2.85. The molecule has 0 aromatic carbocycles. The fourth-order valence-corrected chi connectivity index (χ4v) is 1.87. The minimum absolute atomic E-state index is 0.0287. The number of methoxy groups -OCH3 is 1. The van der Waals surface area contributed by atoms with E-state index in [1.54, 1.807) is 12.0 Å². The molecule has 1 aliphatic carbocycles. The van der Waals surface area contributed by atoms with E-state index < -0.39 is 5.97 Å². The molecule has 1 fully saturated rings. The van der Waals surface area contributed by atoms with Crippen molar-refractivity contribution in [2.75, 3.05) is 20.3 Å². The van der Waals surface area contributed by atoms with Crippen molar-refractivity contribution in [2.24, 2.45) is 5.92 Å². The molecule has 1 rings (SSSR count). The van der Waals surface area contributed by atoms with Gasteiger partial charge in [0, 0.05) is 32.7 Å². The molecule has 1 amide bonds. The number of carboxylic acid groups (broad SMARTS) is 1. The van der Waals surface area contributed by atoms with Gasteiger partial charge in [0.25, 0.3) is 0 Å². The Balaban J connectivity index is 2.40. The summed E-state index contributed by atoms with van der Waals surface area (Å²) in [5.41, 5.74) is 0. The zero-order valence-corrected chi connectivity index (χ0v) is 10.5. The molecule has 5 nitrogen and oxygen atoms in total. The number of nitrogens with zero attached hydrogens (tertiary/aromatic N) is 1. The molecule has 0 saturated heterocycles. The van der Waals surface area contributed by atoms with Crippen LogP contribution in [0.2, 0.25) is 0 Å². The van der Waals surface area contributed by atoms with Crippen LogP contribution in [0.5, 0.6) is 0 Å². The number of rotatable bonds is 8. The van der Waals surface area contributed by atoms with E-state index >= 15 is 0 Å². The first kappa shape index (κ1) is 14.0. The third-order valence-corrected chi connectivity index (χ3v) is 2.85. The van der Waals surface area contributed by atoms with Crippen LogP contribution in [-0.2, 0) is 14.3 Å². The zero-order valence-electron chi connectivity index (χ0n) is 10.5. The van der Waals surface area contributed by atoms with Gasteiger partial charge >= 0.3 is 5.97 Å². The first-order valence-electron chi connectivity index (χ1n) is 6.04. The fourth-order valence-electron chi connectivity index (χ4n) is 1.87. The lowest BCUT2D eigenvalue weighted by Gasteiger charge is -2.23. The number of carboxylic acids is 1. The molecule has 0 aliphatic heterocycles. The summed E-state index contributed by atoms with van der Waals surface area (Å²) in [6, 6.07) is 0.275. The Hall–Kier alpha value is -1.10. The smallest absolute Gasteiger partial charge is 0.305 e. The van der Waals surface area contributed by atoms with E-state index in [0.29, 0.717) is 19.6 Å². The van der Waals surface area contributed by atoms with Crippen molar-refractivity contribution in [3.8, 4) is 0 Å². The first-order valence-corrected chi connectivity index (χ1v) is 6.04. The maximum Gasteiger partial charge on any atom is 0.305 e. The van der Waals surface area contributed by atoms with E-state index in [4.69, 9.17) is 9.84 Å². The topological polar surface area (TPSA) is 66.8 Å². The Kier molecular flexibility index (Phi) is 5.41. The van der Waals surface area contributed by atoms with Crippen LogP contribution in [0.1, 0.15) is 32.6 Å². The summed E-state index contributed by atoms with van der Waals surface area (Å²) in [7, 11) is 1.62. The van der Waals surface area contributed by atoms with E-state index in [2.05, 4.69) is 0 Å². The molecule has 0 spiro atoms. The van der Waals surface area contributed by atoms with E-state index in [1.807, 2.05) is 6.92 Å². The van der Waals surface area contributed by atoms with Crippen molar-refractivity contribution in [1.82, 2.24) is 4.90 Å². The lowest BCUT2D eigenvalue weighted by atomic mass is 10.1. The highest BCUT2D eigenvalue weighted by Gasteiger charge is 2.32. The Morgan fingerprint density at radius 1 is 1.47 bits per heavy atom. The van der Waals surface area contributed by atoms with E-state index in [-0.39, 0.29) is 24.3 Å². The van der Waals surface area contributed by atoms with Gasteiger partial charge < -0.3 is 14.7 Å². The maximum atomic E-state index is 12.0. The van der Waals surface area contributed by atoms with Crippen molar-refractivity contribution >= 4 is 11.9 Å². The van der Waals surface area contributed by atoms with Crippen LogP contribution >= 0.6 is 0 Å². The quantitative estimate of drug-likeness (QED) is 0.694. The van der Waals surface area contributed by atoms with Crippen LogP contribution in [0.4, 0.5) is 0 Å². The molecule has 0 bridgehead atoms. The minimum Gasteiger partial charge on any atom is -0.481 e. The molecule has 1 aliphatic rings. The van der Waals surface area contributed by atoms with Crippen LogP contribution in [0.3, 0.4) is 0 Å². The van der Waals surface area contributed by atoms with Crippen LogP contribution in [0, 0.1) is 5.92 Å². The number of carbonyl (C=O) groups excluding carboxylic acids is 1. The largest absolute Gasteiger partial charge is 0.481 e. The molecule has 0 radical (unpaired) electrons. The highest BCUT2D eigenvalue weighted by atomic mass is 16.5. The normalized spacial score (nSPS) is 16.6. The van der Waals surface area contributed by atoms with Gasteiger partial charge in [0.05, 0.1) is 6.42 Å². The van der Waals surface area contributed by atoms with Crippen molar-refractivity contribution in [3.05, 3.63) is 0 Å². The second-order valence-electron chi connectivity index (χ2n) is 4.73. The molecule has 5 heteroatoms. The van der Waals surface area contributed by atoms with Crippen molar-refractivity contribution in [3.63, 3.8) is 0 Å². The van der Waals surface area contributed by atoms with Crippen LogP contribution in [-0.4, -0.2) is 48.2 Å². The van der Waals surface area contributed by atoms with E-state index in [1.165, 1.54) is 0 Å². The Bertz CT molecular complexity index is 276. The summed E-state index contributed by atoms with van der Waals surface area (Å²) < 4.78 is 4.99. The van der Waals surface area contributed by atoms with Crippen molar-refractivity contribution < 1.29 is 19.4 Å². The third kappa shape index (κ3) is 5.17. The highest BCUT2D eigenvalue weighted by molar-refractivity contribution is 5.78. The van der Waals surface area contributed by atoms with Gasteiger partial charge in [-0.25, -0.2) is 0 Å². The Morgan fingerprint density at radius 3 is 2.59 bits per heavy atom. The Labute approximate surface area is 102 Å². The summed E-state index contributed by atoms with van der Waals surface area (Å²) >= 11 is 0. The molecule has 98 valence electrons. The van der Waals surface area contributed by atoms with Crippen molar-refractivity contribution in [1.29, 1.82) is 0 Å². The van der Waals surface area contributed by atoms with Gasteiger partial charge in [0.15, 0.2) is 0 Å². The van der Waals surface area contributed by atoms with Gasteiger partial charge in [-0.05, 0) is 18.8 Å². The summed E-state index contributed by atoms with van der Waals surface area (Å²) in [5.74, 6) is -0.620. The number of hydrogen-bond donors (Lipinski definition) is 1. The molecular weight excluding hydrogens is 222 g/mol. The molecule has 1 atom stereocenters. The number of aliphatic carboxylic acids is 1. The fraction of sp³-hybridized carbons (Fsp3) is 0.833. The Morgan fingerprint density at radius 2 is 2.12 bits per heavy atom. The molecule has 0 aromatic rings. The van der Waals surface area contributed by atoms with Crippen LogP contribution in [0.25, 0.3) is 0 Å². The standard InChI is InChI=1S/C12H21NO4/c1-9(8-17-2)7-11(14)13(10-3-4-10)6-5-12(15)16/h9-10H,3-8H2,1-2H3,(H,15,16). The highest BCUT2D eigenvalue weighted by Crippen LogP contribution is 2.28. The van der Waals surface area contributed by atoms with Gasteiger partial charge in [0.1, 0.15) is 0 Å². The molecule has 1 saturated carbocycles. The molecule has 1 N–H and O–H groups in total. The van der Waals surface area contributed by atoms with Gasteiger partial charge in [0.2, 0.25) is 5.91 Å². The molecule has 0 heterocycles. The molecule has 1 unspecified atom stereocenters. The maximum absolute atomic E-state index is 12.0. The number of amides is 1. The van der Waals surface area contributed by atoms with E-state index in [9.17, 15) is 9.59 Å². The van der Waals surface area contributed by atoms with Gasteiger partial charge in [-0.2, -0.15) is 0 Å².